The molecule has 1 saturated carbocycles. The van der Waals surface area contributed by atoms with E-state index in [0.29, 0.717) is 12.0 Å². The number of aliphatic hydroxyl groups is 2. The first kappa shape index (κ1) is 21.4. The lowest BCUT2D eigenvalue weighted by Crippen LogP contribution is -2.35. The number of halogens is 2. The minimum atomic E-state index is -1.03. The number of aromatic nitrogens is 4. The fourth-order valence-corrected chi connectivity index (χ4v) is 3.70. The lowest BCUT2D eigenvalue weighted by atomic mass is 10.1. The van der Waals surface area contributed by atoms with Crippen LogP contribution in [-0.2, 0) is 6.54 Å². The maximum atomic E-state index is 13.7. The predicted molar refractivity (Wildman–Crippen MR) is 111 cm³/mol. The second kappa shape index (κ2) is 8.70. The molecule has 10 heteroatoms. The fourth-order valence-electron chi connectivity index (χ4n) is 3.59. The molecule has 1 aromatic carbocycles. The van der Waals surface area contributed by atoms with Crippen LogP contribution in [0.2, 0.25) is 5.02 Å². The Labute approximate surface area is 182 Å². The van der Waals surface area contributed by atoms with Crippen LogP contribution in [0.25, 0.3) is 0 Å². The van der Waals surface area contributed by atoms with Crippen molar-refractivity contribution in [3.05, 3.63) is 77.6 Å². The summed E-state index contributed by atoms with van der Waals surface area (Å²) in [6, 6.07) is 5.50. The number of anilines is 1. The molecule has 1 radical (unpaired) electrons. The van der Waals surface area contributed by atoms with Crippen molar-refractivity contribution in [2.45, 2.75) is 31.2 Å². The standard InChI is InChI=1S/C21H20ClFN5O3/c1-11-6-17(20(31)18(11)29)26-21-13(8-24-10-25-21)19(30)16-4-5-28(27-16)9-12-2-3-14(22)15(23)7-12/h2-5,7-8,10-11,17-18,20,29,31H,1,6,9H2,(H,24,25,26)/t11-,17-,18-,20+/m1/s1. The van der Waals surface area contributed by atoms with E-state index in [4.69, 9.17) is 11.6 Å². The number of hydrogen-bond donors (Lipinski definition) is 3. The highest BCUT2D eigenvalue weighted by Gasteiger charge is 2.39. The molecule has 0 aliphatic heterocycles. The summed E-state index contributed by atoms with van der Waals surface area (Å²) in [6.07, 6.45) is 2.70. The van der Waals surface area contributed by atoms with E-state index >= 15 is 0 Å². The first-order valence-electron chi connectivity index (χ1n) is 9.61. The first-order valence-corrected chi connectivity index (χ1v) is 9.99. The molecule has 1 aliphatic rings. The van der Waals surface area contributed by atoms with Crippen LogP contribution in [0.5, 0.6) is 0 Å². The topological polar surface area (TPSA) is 113 Å². The molecule has 8 nitrogen and oxygen atoms in total. The van der Waals surface area contributed by atoms with Gasteiger partial charge in [-0.25, -0.2) is 14.4 Å². The highest BCUT2D eigenvalue weighted by molar-refractivity contribution is 6.30. The van der Waals surface area contributed by atoms with E-state index < -0.39 is 29.9 Å². The zero-order chi connectivity index (χ0) is 22.1. The van der Waals surface area contributed by atoms with Crippen LogP contribution in [0.1, 0.15) is 28.0 Å². The fraction of sp³-hybridized carbons (Fsp3) is 0.286. The molecule has 1 aliphatic carbocycles. The van der Waals surface area contributed by atoms with Crippen LogP contribution in [0.4, 0.5) is 10.2 Å². The number of carbonyl (C=O) groups excluding carboxylic acids is 1. The zero-order valence-electron chi connectivity index (χ0n) is 16.3. The number of hydrogen-bond acceptors (Lipinski definition) is 7. The second-order valence-corrected chi connectivity index (χ2v) is 7.90. The second-order valence-electron chi connectivity index (χ2n) is 7.49. The van der Waals surface area contributed by atoms with Crippen molar-refractivity contribution in [3.8, 4) is 0 Å². The van der Waals surface area contributed by atoms with Crippen molar-refractivity contribution in [1.29, 1.82) is 0 Å². The summed E-state index contributed by atoms with van der Waals surface area (Å²) in [5.41, 5.74) is 0.986. The number of carbonyl (C=O) groups is 1. The lowest BCUT2D eigenvalue weighted by Gasteiger charge is -2.19. The minimum absolute atomic E-state index is 0.0364. The molecule has 3 aromatic rings. The van der Waals surface area contributed by atoms with E-state index in [9.17, 15) is 19.4 Å². The van der Waals surface area contributed by atoms with Crippen molar-refractivity contribution in [1.82, 2.24) is 19.7 Å². The summed E-state index contributed by atoms with van der Waals surface area (Å²) >= 11 is 5.70. The average molecular weight is 445 g/mol. The highest BCUT2D eigenvalue weighted by Crippen LogP contribution is 2.29. The number of nitrogens with one attached hydrogen (secondary N) is 1. The smallest absolute Gasteiger partial charge is 0.218 e. The van der Waals surface area contributed by atoms with E-state index in [1.165, 1.54) is 29.3 Å². The largest absolute Gasteiger partial charge is 0.390 e. The van der Waals surface area contributed by atoms with Gasteiger partial charge in [0.1, 0.15) is 29.8 Å². The Morgan fingerprint density at radius 3 is 2.84 bits per heavy atom. The molecule has 4 atom stereocenters. The van der Waals surface area contributed by atoms with Gasteiger partial charge in [0.25, 0.3) is 0 Å². The van der Waals surface area contributed by atoms with Crippen molar-refractivity contribution in [2.75, 3.05) is 5.32 Å². The third-order valence-electron chi connectivity index (χ3n) is 5.28. The summed E-state index contributed by atoms with van der Waals surface area (Å²) in [7, 11) is 0. The molecule has 1 fully saturated rings. The molecule has 4 rings (SSSR count). The van der Waals surface area contributed by atoms with E-state index in [1.807, 2.05) is 0 Å². The Morgan fingerprint density at radius 1 is 1.32 bits per heavy atom. The van der Waals surface area contributed by atoms with Gasteiger partial charge in [0.05, 0.1) is 29.3 Å². The number of rotatable bonds is 6. The summed E-state index contributed by atoms with van der Waals surface area (Å²) in [4.78, 5) is 21.1. The van der Waals surface area contributed by atoms with Gasteiger partial charge in [-0.3, -0.25) is 9.48 Å². The van der Waals surface area contributed by atoms with Gasteiger partial charge in [-0.1, -0.05) is 17.7 Å². The van der Waals surface area contributed by atoms with E-state index in [-0.39, 0.29) is 34.6 Å². The van der Waals surface area contributed by atoms with Crippen LogP contribution in [0, 0.1) is 18.7 Å². The molecule has 161 valence electrons. The van der Waals surface area contributed by atoms with Crippen LogP contribution in [-0.4, -0.2) is 54.0 Å². The van der Waals surface area contributed by atoms with E-state index in [2.05, 4.69) is 27.3 Å². The maximum absolute atomic E-state index is 13.7. The Kier molecular flexibility index (Phi) is 5.99. The van der Waals surface area contributed by atoms with E-state index in [1.54, 1.807) is 18.3 Å². The SMILES string of the molecule is [CH2][C@@H]1C[C@@H](Nc2ncncc2C(=O)c2ccn(Cc3ccc(Cl)c(F)c3)n2)[C@H](O)[C@@H]1O. The molecule has 0 bridgehead atoms. The van der Waals surface area contributed by atoms with Crippen LogP contribution >= 0.6 is 11.6 Å². The van der Waals surface area contributed by atoms with Gasteiger partial charge >= 0.3 is 0 Å². The number of aliphatic hydroxyl groups excluding tert-OH is 2. The van der Waals surface area contributed by atoms with Gasteiger partial charge in [-0.2, -0.15) is 5.10 Å². The third-order valence-corrected chi connectivity index (χ3v) is 5.59. The first-order chi connectivity index (χ1) is 14.8. The van der Waals surface area contributed by atoms with Gasteiger partial charge in [0.15, 0.2) is 0 Å². The van der Waals surface area contributed by atoms with E-state index in [0.717, 1.165) is 0 Å². The Balaban J connectivity index is 1.52. The summed E-state index contributed by atoms with van der Waals surface area (Å²) in [5, 5.41) is 27.4. The average Bonchev–Trinajstić information content (AvgIpc) is 3.31. The van der Waals surface area contributed by atoms with Crippen LogP contribution < -0.4 is 5.32 Å². The minimum Gasteiger partial charge on any atom is -0.390 e. The maximum Gasteiger partial charge on any atom is 0.218 e. The molecule has 0 unspecified atom stereocenters. The van der Waals surface area contributed by atoms with Gasteiger partial charge < -0.3 is 15.5 Å². The molecular weight excluding hydrogens is 425 g/mol. The highest BCUT2D eigenvalue weighted by atomic mass is 35.5. The molecule has 0 spiro atoms. The summed E-state index contributed by atoms with van der Waals surface area (Å²) in [5.74, 6) is -1.03. The summed E-state index contributed by atoms with van der Waals surface area (Å²) < 4.78 is 15.2. The third kappa shape index (κ3) is 4.43. The molecule has 0 saturated heterocycles. The number of ketones is 1. The number of nitrogens with zero attached hydrogens (tertiary/aromatic N) is 4. The van der Waals surface area contributed by atoms with Crippen molar-refractivity contribution in [2.24, 2.45) is 5.92 Å². The van der Waals surface area contributed by atoms with Crippen LogP contribution in [0.3, 0.4) is 0 Å². The molecule has 31 heavy (non-hydrogen) atoms. The normalized spacial score (nSPS) is 23.1. The molecule has 3 N–H and O–H groups in total. The molecule has 2 aromatic heterocycles. The zero-order valence-corrected chi connectivity index (χ0v) is 17.1. The van der Waals surface area contributed by atoms with Gasteiger partial charge in [-0.05, 0) is 43.0 Å². The van der Waals surface area contributed by atoms with Crippen LogP contribution in [0.15, 0.2) is 43.0 Å². The van der Waals surface area contributed by atoms with Crippen molar-refractivity contribution < 1.29 is 19.4 Å². The number of benzene rings is 1. The van der Waals surface area contributed by atoms with Crippen molar-refractivity contribution in [3.63, 3.8) is 0 Å². The van der Waals surface area contributed by atoms with Gasteiger partial charge in [0, 0.05) is 12.4 Å². The van der Waals surface area contributed by atoms with Crippen molar-refractivity contribution >= 4 is 23.2 Å². The Morgan fingerprint density at radius 2 is 2.13 bits per heavy atom. The monoisotopic (exact) mass is 444 g/mol. The molecule has 0 amide bonds. The molecular formula is C21H20ClFN5O3. The van der Waals surface area contributed by atoms with Gasteiger partial charge in [0.2, 0.25) is 5.78 Å². The lowest BCUT2D eigenvalue weighted by molar-refractivity contribution is 0.0256. The molecule has 2 heterocycles. The van der Waals surface area contributed by atoms with Gasteiger partial charge in [-0.15, -0.1) is 0 Å². The Bertz CT molecular complexity index is 1110. The summed E-state index contributed by atoms with van der Waals surface area (Å²) in [6.45, 7) is 4.08. The Hall–Kier alpha value is -2.88. The quantitative estimate of drug-likeness (QED) is 0.499. The predicted octanol–water partition coefficient (Wildman–Crippen LogP) is 2.10.